The molecule has 0 atom stereocenters. The summed E-state index contributed by atoms with van der Waals surface area (Å²) in [6.45, 7) is 4.89. The molecule has 2 heterocycles. The first kappa shape index (κ1) is 30.5. The van der Waals surface area contributed by atoms with Gasteiger partial charge in [0.05, 0.1) is 5.69 Å². The number of amides is 2. The van der Waals surface area contributed by atoms with E-state index in [9.17, 15) is 14.9 Å². The molecule has 0 bridgehead atoms. The number of ether oxygens (including phenoxy) is 2. The number of carbonyl (C=O) groups is 2. The molecule has 8 nitrogen and oxygen atoms in total. The summed E-state index contributed by atoms with van der Waals surface area (Å²) < 4.78 is 13.2. The maximum atomic E-state index is 13.7. The van der Waals surface area contributed by atoms with E-state index >= 15 is 0 Å². The zero-order chi connectivity index (χ0) is 31.1. The smallest absolute Gasteiger partial charge is 0.271 e. The number of hydrogen-bond acceptors (Lipinski definition) is 6. The third kappa shape index (κ3) is 6.65. The lowest BCUT2D eigenvalue weighted by Gasteiger charge is -2.27. The van der Waals surface area contributed by atoms with Gasteiger partial charge in [-0.2, -0.15) is 10.4 Å². The zero-order valence-electron chi connectivity index (χ0n) is 24.5. The van der Waals surface area contributed by atoms with Gasteiger partial charge in [0.25, 0.3) is 11.8 Å². The standard InChI is InChI=1S/C35H31ClN4O4/c1-3-43-18-10-17-39-34(41)30(24(2)31(21-37)35(39)42)20-27-22-40(28-13-5-4-6-14-28)38-33(27)25-12-9-15-29(19-25)44-23-26-11-7-8-16-32(26)36/h4-9,11-16,19-20,22H,3,10,17-18,23H2,1-2H3/b30-20+. The first-order valence-electron chi connectivity index (χ1n) is 14.3. The predicted octanol–water partition coefficient (Wildman–Crippen LogP) is 6.79. The lowest BCUT2D eigenvalue weighted by atomic mass is 9.93. The van der Waals surface area contributed by atoms with Crippen molar-refractivity contribution in [1.82, 2.24) is 14.7 Å². The second-order valence-corrected chi connectivity index (χ2v) is 10.5. The van der Waals surface area contributed by atoms with Gasteiger partial charge < -0.3 is 9.47 Å². The molecule has 0 fully saturated rings. The third-order valence-corrected chi connectivity index (χ3v) is 7.59. The molecule has 2 amide bonds. The van der Waals surface area contributed by atoms with Crippen molar-refractivity contribution in [2.75, 3.05) is 19.8 Å². The van der Waals surface area contributed by atoms with Crippen LogP contribution in [0.4, 0.5) is 0 Å². The Kier molecular flexibility index (Phi) is 9.70. The fourth-order valence-corrected chi connectivity index (χ4v) is 5.09. The Morgan fingerprint density at radius 1 is 1.00 bits per heavy atom. The van der Waals surface area contributed by atoms with Gasteiger partial charge in [-0.3, -0.25) is 14.5 Å². The number of nitrogens with zero attached hydrogens (tertiary/aromatic N) is 4. The number of benzene rings is 3. The van der Waals surface area contributed by atoms with Crippen molar-refractivity contribution in [1.29, 1.82) is 5.26 Å². The van der Waals surface area contributed by atoms with E-state index in [4.69, 9.17) is 26.2 Å². The molecule has 3 aromatic carbocycles. The van der Waals surface area contributed by atoms with Gasteiger partial charge in [-0.15, -0.1) is 0 Å². The summed E-state index contributed by atoms with van der Waals surface area (Å²) in [6.07, 6.45) is 4.00. The highest BCUT2D eigenvalue weighted by molar-refractivity contribution is 6.31. The number of nitriles is 1. The van der Waals surface area contributed by atoms with Crippen LogP contribution >= 0.6 is 11.6 Å². The van der Waals surface area contributed by atoms with Gasteiger partial charge in [0.1, 0.15) is 29.7 Å². The number of para-hydroxylation sites is 1. The maximum absolute atomic E-state index is 13.7. The molecule has 0 unspecified atom stereocenters. The molecule has 0 saturated carbocycles. The molecule has 0 radical (unpaired) electrons. The molecule has 1 aliphatic rings. The molecule has 0 spiro atoms. The SMILES string of the molecule is CCOCCCN1C(=O)C(C#N)=C(C)/C(=C\c2cn(-c3ccccc3)nc2-c2cccc(OCc3ccccc3Cl)c2)C1=O. The first-order valence-corrected chi connectivity index (χ1v) is 14.7. The summed E-state index contributed by atoms with van der Waals surface area (Å²) in [5, 5.41) is 15.4. The minimum Gasteiger partial charge on any atom is -0.489 e. The molecular weight excluding hydrogens is 576 g/mol. The molecule has 0 N–H and O–H groups in total. The molecule has 4 aromatic rings. The number of hydrogen-bond donors (Lipinski definition) is 0. The van der Waals surface area contributed by atoms with Crippen molar-refractivity contribution < 1.29 is 19.1 Å². The summed E-state index contributed by atoms with van der Waals surface area (Å²) in [5.74, 6) is -0.427. The van der Waals surface area contributed by atoms with E-state index in [1.165, 1.54) is 0 Å². The Balaban J connectivity index is 1.55. The largest absolute Gasteiger partial charge is 0.489 e. The van der Waals surface area contributed by atoms with Crippen molar-refractivity contribution in [2.24, 2.45) is 0 Å². The highest BCUT2D eigenvalue weighted by Gasteiger charge is 2.35. The molecule has 0 aliphatic carbocycles. The summed E-state index contributed by atoms with van der Waals surface area (Å²) in [6, 6.07) is 26.7. The minimum absolute atomic E-state index is 0.0563. The monoisotopic (exact) mass is 606 g/mol. The van der Waals surface area contributed by atoms with Crippen LogP contribution in [0.15, 0.2) is 102 Å². The quantitative estimate of drug-likeness (QED) is 0.106. The molecule has 5 rings (SSSR count). The van der Waals surface area contributed by atoms with Crippen LogP contribution in [0.25, 0.3) is 23.0 Å². The van der Waals surface area contributed by atoms with Crippen molar-refractivity contribution in [3.05, 3.63) is 118 Å². The summed E-state index contributed by atoms with van der Waals surface area (Å²) in [7, 11) is 0. The Hall–Kier alpha value is -4.97. The minimum atomic E-state index is -0.591. The second kappa shape index (κ2) is 14.0. The first-order chi connectivity index (χ1) is 21.4. The average Bonchev–Trinajstić information content (AvgIpc) is 3.47. The van der Waals surface area contributed by atoms with Crippen LogP contribution in [-0.2, 0) is 20.9 Å². The highest BCUT2D eigenvalue weighted by atomic mass is 35.5. The summed E-state index contributed by atoms with van der Waals surface area (Å²) in [4.78, 5) is 27.9. The van der Waals surface area contributed by atoms with Gasteiger partial charge in [0, 0.05) is 53.2 Å². The number of rotatable bonds is 11. The number of halogens is 1. The van der Waals surface area contributed by atoms with E-state index in [1.807, 2.05) is 98.1 Å². The van der Waals surface area contributed by atoms with Crippen LogP contribution in [-0.4, -0.2) is 46.3 Å². The van der Waals surface area contributed by atoms with Crippen LogP contribution in [0.3, 0.4) is 0 Å². The van der Waals surface area contributed by atoms with Crippen LogP contribution in [0.1, 0.15) is 31.4 Å². The van der Waals surface area contributed by atoms with Crippen molar-refractivity contribution >= 4 is 29.5 Å². The zero-order valence-corrected chi connectivity index (χ0v) is 25.3. The number of aromatic nitrogens is 2. The van der Waals surface area contributed by atoms with Gasteiger partial charge >= 0.3 is 0 Å². The molecule has 1 aromatic heterocycles. The predicted molar refractivity (Wildman–Crippen MR) is 169 cm³/mol. The van der Waals surface area contributed by atoms with Gasteiger partial charge in [-0.1, -0.05) is 60.1 Å². The van der Waals surface area contributed by atoms with Gasteiger partial charge in [-0.25, -0.2) is 4.68 Å². The van der Waals surface area contributed by atoms with Gasteiger partial charge in [0.2, 0.25) is 0 Å². The van der Waals surface area contributed by atoms with Crippen LogP contribution in [0.2, 0.25) is 5.02 Å². The lowest BCUT2D eigenvalue weighted by molar-refractivity contribution is -0.140. The van der Waals surface area contributed by atoms with E-state index in [0.717, 1.165) is 21.7 Å². The molecule has 0 saturated heterocycles. The maximum Gasteiger partial charge on any atom is 0.271 e. The fourth-order valence-electron chi connectivity index (χ4n) is 4.90. The van der Waals surface area contributed by atoms with Gasteiger partial charge in [0.15, 0.2) is 0 Å². The number of imide groups is 1. The van der Waals surface area contributed by atoms with Crippen molar-refractivity contribution in [2.45, 2.75) is 26.9 Å². The molecule has 44 heavy (non-hydrogen) atoms. The van der Waals surface area contributed by atoms with Gasteiger partial charge in [-0.05, 0) is 62.2 Å². The third-order valence-electron chi connectivity index (χ3n) is 7.22. The second-order valence-electron chi connectivity index (χ2n) is 10.1. The van der Waals surface area contributed by atoms with Crippen LogP contribution in [0.5, 0.6) is 5.75 Å². The summed E-state index contributed by atoms with van der Waals surface area (Å²) in [5.41, 5.74) is 4.24. The normalized spacial score (nSPS) is 14.3. The van der Waals surface area contributed by atoms with Crippen LogP contribution in [0, 0.1) is 11.3 Å². The van der Waals surface area contributed by atoms with Crippen molar-refractivity contribution in [3.8, 4) is 28.8 Å². The topological polar surface area (TPSA) is 97.5 Å². The fraction of sp³-hybridized carbons (Fsp3) is 0.200. The average molecular weight is 607 g/mol. The molecular formula is C35H31ClN4O4. The Bertz CT molecular complexity index is 1790. The highest BCUT2D eigenvalue weighted by Crippen LogP contribution is 2.32. The molecule has 9 heteroatoms. The van der Waals surface area contributed by atoms with Crippen LogP contribution < -0.4 is 4.74 Å². The lowest BCUT2D eigenvalue weighted by Crippen LogP contribution is -2.43. The van der Waals surface area contributed by atoms with E-state index < -0.39 is 11.8 Å². The summed E-state index contributed by atoms with van der Waals surface area (Å²) >= 11 is 6.32. The molecule has 1 aliphatic heterocycles. The van der Waals surface area contributed by atoms with Crippen molar-refractivity contribution in [3.63, 3.8) is 0 Å². The van der Waals surface area contributed by atoms with E-state index in [0.29, 0.717) is 53.8 Å². The Morgan fingerprint density at radius 3 is 2.52 bits per heavy atom. The van der Waals surface area contributed by atoms with E-state index in [1.54, 1.807) is 17.7 Å². The Labute approximate surface area is 261 Å². The number of carbonyl (C=O) groups excluding carboxylic acids is 2. The Morgan fingerprint density at radius 2 is 1.77 bits per heavy atom. The molecule has 222 valence electrons. The van der Waals surface area contributed by atoms with E-state index in [-0.39, 0.29) is 17.7 Å². The van der Waals surface area contributed by atoms with E-state index in [2.05, 4.69) is 0 Å².